The molecule has 74 valence electrons. The van der Waals surface area contributed by atoms with Gasteiger partial charge in [0.2, 0.25) is 0 Å². The lowest BCUT2D eigenvalue weighted by Gasteiger charge is -1.93. The molecule has 2 N–H and O–H groups in total. The number of azo groups is 1. The first-order valence-corrected chi connectivity index (χ1v) is 4.60. The highest BCUT2D eigenvalue weighted by Crippen LogP contribution is 2.18. The van der Waals surface area contributed by atoms with Crippen LogP contribution < -0.4 is 5.72 Å². The first kappa shape index (κ1) is 7.17. The Balaban J connectivity index is 2.12. The zero-order valence-electron chi connectivity index (χ0n) is 10.0. The first-order valence-electron chi connectivity index (χ1n) is 5.50. The zero-order valence-corrected chi connectivity index (χ0v) is 8.04. The lowest BCUT2D eigenvalue weighted by atomic mass is 10.3. The third kappa shape index (κ3) is 2.64. The molecule has 0 saturated heterocycles. The van der Waals surface area contributed by atoms with Crippen LogP contribution in [-0.2, 0) is 0 Å². The smallest absolute Gasteiger partial charge is 0.156 e. The van der Waals surface area contributed by atoms with Crippen molar-refractivity contribution in [3.8, 4) is 0 Å². The molecule has 0 aliphatic rings. The lowest BCUT2D eigenvalue weighted by Crippen LogP contribution is -1.80. The van der Waals surface area contributed by atoms with Crippen molar-refractivity contribution < 1.29 is 2.82 Å². The molecule has 0 heterocycles. The maximum Gasteiger partial charge on any atom is 0.156 e. The van der Waals surface area contributed by atoms with Gasteiger partial charge in [-0.2, -0.15) is 10.2 Å². The predicted octanol–water partition coefficient (Wildman–Crippen LogP) is 3.68. The second kappa shape index (κ2) is 4.37. The van der Waals surface area contributed by atoms with Crippen molar-refractivity contribution in [3.05, 3.63) is 54.6 Å². The molecular weight excluding hydrogens is 186 g/mol. The number of anilines is 1. The summed E-state index contributed by atoms with van der Waals surface area (Å²) in [5, 5.41) is 8.13. The minimum absolute atomic E-state index is 0.490. The molecule has 0 atom stereocenters. The number of nitrogens with zero attached hydrogens (tertiary/aromatic N) is 2. The Bertz CT molecular complexity index is 495. The number of benzene rings is 2. The predicted molar refractivity (Wildman–Crippen MR) is 61.5 cm³/mol. The van der Waals surface area contributed by atoms with Crippen molar-refractivity contribution in [2.24, 2.45) is 10.2 Å². The Kier molecular flexibility index (Phi) is 2.09. The average Bonchev–Trinajstić information content (AvgIpc) is 2.38. The van der Waals surface area contributed by atoms with E-state index in [9.17, 15) is 0 Å². The van der Waals surface area contributed by atoms with Crippen LogP contribution in [0.25, 0.3) is 0 Å². The molecular formula is C12H11N3. The van der Waals surface area contributed by atoms with Gasteiger partial charge in [0.25, 0.3) is 0 Å². The number of hydrogen-bond donors (Lipinski definition) is 1. The van der Waals surface area contributed by atoms with E-state index in [0.717, 1.165) is 5.69 Å². The van der Waals surface area contributed by atoms with Crippen molar-refractivity contribution in [1.82, 2.24) is 0 Å². The van der Waals surface area contributed by atoms with Crippen LogP contribution in [0, 0.1) is 0 Å². The van der Waals surface area contributed by atoms with Gasteiger partial charge in [0.1, 0.15) is 0 Å². The fourth-order valence-electron chi connectivity index (χ4n) is 1.13. The zero-order chi connectivity index (χ0) is 12.1. The summed E-state index contributed by atoms with van der Waals surface area (Å²) in [7, 11) is 0. The fraction of sp³-hybridized carbons (Fsp3) is 0. The molecule has 0 unspecified atom stereocenters. The summed E-state index contributed by atoms with van der Waals surface area (Å²) < 4.78 is 14.1. The molecule has 3 heteroatoms. The van der Waals surface area contributed by atoms with Gasteiger partial charge in [0.15, 0.2) is 2.82 Å². The summed E-state index contributed by atoms with van der Waals surface area (Å²) in [6.45, 7) is 0. The van der Waals surface area contributed by atoms with E-state index >= 15 is 0 Å². The molecule has 2 aromatic rings. The van der Waals surface area contributed by atoms with E-state index in [1.165, 1.54) is 0 Å². The topological polar surface area (TPSA) is 50.7 Å². The van der Waals surface area contributed by atoms with Crippen LogP contribution in [-0.4, -0.2) is 0 Å². The summed E-state index contributed by atoms with van der Waals surface area (Å²) >= 11 is 0. The number of nitrogen functional groups attached to an aromatic ring is 1. The largest absolute Gasteiger partial charge is 0.399 e. The van der Waals surface area contributed by atoms with Gasteiger partial charge in [-0.15, -0.1) is 0 Å². The van der Waals surface area contributed by atoms with Gasteiger partial charge in [-0.25, -0.2) is 0 Å². The van der Waals surface area contributed by atoms with Crippen LogP contribution in [0.5, 0.6) is 0 Å². The highest BCUT2D eigenvalue weighted by Gasteiger charge is 1.89. The molecule has 0 amide bonds. The quantitative estimate of drug-likeness (QED) is 0.594. The van der Waals surface area contributed by atoms with Crippen LogP contribution in [0.3, 0.4) is 0 Å². The highest BCUT2D eigenvalue weighted by atomic mass is 15.1. The molecule has 0 fully saturated rings. The summed E-state index contributed by atoms with van der Waals surface area (Å²) in [6, 6.07) is 16.2. The van der Waals surface area contributed by atoms with Crippen LogP contribution >= 0.6 is 0 Å². The maximum atomic E-state index is 7.07. The maximum absolute atomic E-state index is 7.07. The van der Waals surface area contributed by atoms with Crippen LogP contribution in [0.4, 0.5) is 17.1 Å². The van der Waals surface area contributed by atoms with E-state index in [-0.39, 0.29) is 0 Å². The fourth-order valence-corrected chi connectivity index (χ4v) is 1.13. The molecule has 2 rings (SSSR count). The molecule has 0 radical (unpaired) electrons. The third-order valence-corrected chi connectivity index (χ3v) is 1.89. The minimum atomic E-state index is 0.490. The SMILES string of the molecule is [2H]N([2H])c1ccc(N=Nc2ccccc2)cc1. The lowest BCUT2D eigenvalue weighted by molar-refractivity contribution is 1.23. The van der Waals surface area contributed by atoms with Crippen LogP contribution in [0.15, 0.2) is 64.8 Å². The monoisotopic (exact) mass is 199 g/mol. The Morgan fingerprint density at radius 2 is 1.40 bits per heavy atom. The molecule has 0 bridgehead atoms. The van der Waals surface area contributed by atoms with Gasteiger partial charge in [-0.05, 0) is 36.4 Å². The van der Waals surface area contributed by atoms with E-state index in [1.807, 2.05) is 30.3 Å². The van der Waals surface area contributed by atoms with E-state index in [4.69, 9.17) is 2.82 Å². The summed E-state index contributed by atoms with van der Waals surface area (Å²) in [4.78, 5) is 0. The van der Waals surface area contributed by atoms with Crippen molar-refractivity contribution in [2.75, 3.05) is 5.72 Å². The Hall–Kier alpha value is -2.16. The van der Waals surface area contributed by atoms with E-state index < -0.39 is 0 Å². The molecule has 0 aliphatic carbocycles. The van der Waals surface area contributed by atoms with E-state index in [1.54, 1.807) is 24.3 Å². The number of rotatable bonds is 3. The van der Waals surface area contributed by atoms with Crippen molar-refractivity contribution in [1.29, 1.82) is 0 Å². The average molecular weight is 199 g/mol. The number of nitrogens with two attached hydrogens (primary N) is 1. The van der Waals surface area contributed by atoms with Gasteiger partial charge in [-0.1, -0.05) is 18.2 Å². The molecule has 0 aromatic heterocycles. The van der Waals surface area contributed by atoms with Gasteiger partial charge in [0.05, 0.1) is 11.4 Å². The molecule has 3 nitrogen and oxygen atoms in total. The highest BCUT2D eigenvalue weighted by molar-refractivity contribution is 5.47. The van der Waals surface area contributed by atoms with Gasteiger partial charge in [0, 0.05) is 5.69 Å². The molecule has 0 spiro atoms. The van der Waals surface area contributed by atoms with Gasteiger partial charge < -0.3 is 5.72 Å². The normalized spacial score (nSPS) is 12.3. The molecule has 0 saturated carbocycles. The van der Waals surface area contributed by atoms with Crippen LogP contribution in [0.1, 0.15) is 0 Å². The van der Waals surface area contributed by atoms with Gasteiger partial charge in [-0.3, -0.25) is 0 Å². The molecule has 0 aliphatic heterocycles. The van der Waals surface area contributed by atoms with E-state index in [0.29, 0.717) is 17.1 Å². The van der Waals surface area contributed by atoms with E-state index in [2.05, 4.69) is 10.2 Å². The second-order valence-corrected chi connectivity index (χ2v) is 3.05. The van der Waals surface area contributed by atoms with Crippen molar-refractivity contribution >= 4 is 17.1 Å². The van der Waals surface area contributed by atoms with Crippen molar-refractivity contribution in [2.45, 2.75) is 0 Å². The Morgan fingerprint density at radius 1 is 0.800 bits per heavy atom. The van der Waals surface area contributed by atoms with Crippen LogP contribution in [0.2, 0.25) is 2.82 Å². The summed E-state index contributed by atoms with van der Waals surface area (Å²) in [5.41, 5.74) is 2.53. The first-order chi connectivity index (χ1) is 8.25. The summed E-state index contributed by atoms with van der Waals surface area (Å²) in [5.74, 6) is 0. The standard InChI is InChI=1S/C12H11N3/c13-10-6-8-12(9-7-10)15-14-11-4-2-1-3-5-11/h1-9H,13H2/i/hD2. The third-order valence-electron chi connectivity index (χ3n) is 1.89. The molecule has 15 heavy (non-hydrogen) atoms. The van der Waals surface area contributed by atoms with Gasteiger partial charge >= 0.3 is 0 Å². The summed E-state index contributed by atoms with van der Waals surface area (Å²) in [6.07, 6.45) is 0. The second-order valence-electron chi connectivity index (χ2n) is 3.05. The molecule has 2 aromatic carbocycles. The number of hydrogen-bond acceptors (Lipinski definition) is 3. The Morgan fingerprint density at radius 3 is 2.00 bits per heavy atom. The van der Waals surface area contributed by atoms with Crippen molar-refractivity contribution in [3.63, 3.8) is 0 Å². The minimum Gasteiger partial charge on any atom is -0.399 e. The Labute approximate surface area is 91.2 Å².